The van der Waals surface area contributed by atoms with Gasteiger partial charge in [0, 0.05) is 0 Å². The number of hydrogen-bond acceptors (Lipinski definition) is 1. The first-order chi connectivity index (χ1) is 8.06. The molecule has 0 rings (SSSR count). The Hall–Kier alpha value is -0.870. The molecule has 0 aromatic rings. The first-order valence-electron chi connectivity index (χ1n) is 6.26. The molecule has 0 aliphatic rings. The van der Waals surface area contributed by atoms with Gasteiger partial charge in [0.1, 0.15) is 0 Å². The molecular weight excluding hydrogens is 224 g/mol. The Morgan fingerprint density at radius 2 is 1.88 bits per heavy atom. The van der Waals surface area contributed by atoms with E-state index in [0.717, 1.165) is 36.2 Å². The zero-order valence-corrected chi connectivity index (χ0v) is 12.2. The third-order valence-corrected chi connectivity index (χ3v) is 2.98. The molecule has 0 aliphatic carbocycles. The number of allylic oxidation sites excluding steroid dienone is 4. The van der Waals surface area contributed by atoms with Crippen LogP contribution in [0.1, 0.15) is 46.5 Å². The van der Waals surface area contributed by atoms with Gasteiger partial charge in [-0.25, -0.2) is 0 Å². The number of hydrogen-bond donors (Lipinski definition) is 1. The fourth-order valence-corrected chi connectivity index (χ4v) is 2.34. The summed E-state index contributed by atoms with van der Waals surface area (Å²) in [7, 11) is 0. The van der Waals surface area contributed by atoms with Crippen LogP contribution in [-0.2, 0) is 0 Å². The lowest BCUT2D eigenvalue weighted by atomic mass is 9.73. The van der Waals surface area contributed by atoms with Gasteiger partial charge in [-0.1, -0.05) is 51.3 Å². The van der Waals surface area contributed by atoms with Crippen molar-refractivity contribution in [2.24, 2.45) is 5.41 Å². The maximum absolute atomic E-state index is 5.81. The summed E-state index contributed by atoms with van der Waals surface area (Å²) < 4.78 is 0. The Labute approximate surface area is 112 Å². The highest BCUT2D eigenvalue weighted by atomic mass is 32.1. The van der Waals surface area contributed by atoms with E-state index in [9.17, 15) is 0 Å². The normalized spacial score (nSPS) is 12.8. The molecule has 0 unspecified atom stereocenters. The van der Waals surface area contributed by atoms with Gasteiger partial charge < -0.3 is 0 Å². The van der Waals surface area contributed by atoms with Crippen molar-refractivity contribution in [1.82, 2.24) is 0 Å². The summed E-state index contributed by atoms with van der Waals surface area (Å²) in [4.78, 5) is 0.755. The van der Waals surface area contributed by atoms with Crippen LogP contribution in [0.4, 0.5) is 0 Å². The fraction of sp³-hybridized carbons (Fsp3) is 0.500. The Morgan fingerprint density at radius 3 is 2.18 bits per heavy atom. The zero-order chi connectivity index (χ0) is 13.3. The second-order valence-corrected chi connectivity index (χ2v) is 4.89. The third-order valence-electron chi connectivity index (χ3n) is 2.85. The largest absolute Gasteiger partial charge is 0.144 e. The van der Waals surface area contributed by atoms with E-state index in [1.54, 1.807) is 0 Å². The molecule has 0 aromatic heterocycles. The van der Waals surface area contributed by atoms with Crippen LogP contribution in [0.5, 0.6) is 0 Å². The van der Waals surface area contributed by atoms with E-state index >= 15 is 0 Å². The van der Waals surface area contributed by atoms with Gasteiger partial charge in [0.2, 0.25) is 0 Å². The minimum absolute atomic E-state index is 0.165. The van der Waals surface area contributed by atoms with Crippen molar-refractivity contribution in [3.8, 4) is 12.3 Å². The van der Waals surface area contributed by atoms with Crippen molar-refractivity contribution in [3.63, 3.8) is 0 Å². The molecule has 0 radical (unpaired) electrons. The molecule has 0 fully saturated rings. The molecule has 0 bridgehead atoms. The topological polar surface area (TPSA) is 0 Å². The molecule has 0 heterocycles. The molecule has 0 N–H and O–H groups in total. The summed E-state index contributed by atoms with van der Waals surface area (Å²) in [5.41, 5.74) is 0.994. The molecule has 0 aromatic carbocycles. The van der Waals surface area contributed by atoms with E-state index in [1.807, 2.05) is 19.1 Å². The lowest BCUT2D eigenvalue weighted by Gasteiger charge is -2.29. The Balaban J connectivity index is 5.50. The van der Waals surface area contributed by atoms with E-state index in [4.69, 9.17) is 6.42 Å². The minimum atomic E-state index is -0.165. The minimum Gasteiger partial charge on any atom is -0.144 e. The van der Waals surface area contributed by atoms with Crippen LogP contribution in [0, 0.1) is 17.8 Å². The van der Waals surface area contributed by atoms with Gasteiger partial charge in [0.15, 0.2) is 0 Å². The average Bonchev–Trinajstić information content (AvgIpc) is 2.27. The summed E-state index contributed by atoms with van der Waals surface area (Å²) in [6.07, 6.45) is 16.1. The van der Waals surface area contributed by atoms with Crippen molar-refractivity contribution in [1.29, 1.82) is 0 Å². The Bertz CT molecular complexity index is 333. The van der Waals surface area contributed by atoms with Crippen molar-refractivity contribution < 1.29 is 0 Å². The molecule has 0 amide bonds. The second kappa shape index (κ2) is 8.25. The van der Waals surface area contributed by atoms with Crippen LogP contribution in [0.25, 0.3) is 0 Å². The molecule has 0 saturated heterocycles. The molecule has 0 atom stereocenters. The van der Waals surface area contributed by atoms with Gasteiger partial charge in [-0.05, 0) is 36.3 Å². The zero-order valence-electron chi connectivity index (χ0n) is 11.3. The van der Waals surface area contributed by atoms with Gasteiger partial charge in [-0.3, -0.25) is 0 Å². The quantitative estimate of drug-likeness (QED) is 0.359. The summed E-state index contributed by atoms with van der Waals surface area (Å²) in [6, 6.07) is 0. The highest BCUT2D eigenvalue weighted by Gasteiger charge is 2.28. The highest BCUT2D eigenvalue weighted by molar-refractivity contribution is 7.84. The van der Waals surface area contributed by atoms with E-state index < -0.39 is 0 Å². The molecular formula is C16H24S. The lowest BCUT2D eigenvalue weighted by Crippen LogP contribution is -2.20. The summed E-state index contributed by atoms with van der Waals surface area (Å²) in [6.45, 7) is 10.2. The van der Waals surface area contributed by atoms with Gasteiger partial charge in [0.25, 0.3) is 0 Å². The molecule has 17 heavy (non-hydrogen) atoms. The molecule has 94 valence electrons. The summed E-state index contributed by atoms with van der Waals surface area (Å²) in [5, 5.41) is 0. The van der Waals surface area contributed by atoms with Crippen LogP contribution in [0.3, 0.4) is 0 Å². The van der Waals surface area contributed by atoms with Crippen molar-refractivity contribution in [3.05, 3.63) is 35.3 Å². The van der Waals surface area contributed by atoms with Crippen LogP contribution in [0.15, 0.2) is 35.3 Å². The molecule has 0 aliphatic heterocycles. The molecule has 0 spiro atoms. The van der Waals surface area contributed by atoms with Crippen molar-refractivity contribution in [2.75, 3.05) is 0 Å². The van der Waals surface area contributed by atoms with Gasteiger partial charge >= 0.3 is 0 Å². The molecule has 1 heteroatoms. The smallest absolute Gasteiger partial charge is 0.0560 e. The fourth-order valence-electron chi connectivity index (χ4n) is 2.20. The van der Waals surface area contributed by atoms with Crippen LogP contribution >= 0.6 is 12.6 Å². The SMILES string of the molecule is C#CC(CCC)(CCC)C(/C=C\C)=C/C(=C)S. The molecule has 0 saturated carbocycles. The summed E-state index contributed by atoms with van der Waals surface area (Å²) >= 11 is 4.26. The maximum Gasteiger partial charge on any atom is 0.0560 e. The predicted octanol–water partition coefficient (Wildman–Crippen LogP) is 5.15. The van der Waals surface area contributed by atoms with Gasteiger partial charge in [0.05, 0.1) is 5.41 Å². The lowest BCUT2D eigenvalue weighted by molar-refractivity contribution is 0.405. The number of terminal acetylenes is 1. The maximum atomic E-state index is 5.81. The van der Waals surface area contributed by atoms with Crippen LogP contribution in [-0.4, -0.2) is 0 Å². The van der Waals surface area contributed by atoms with Crippen LogP contribution < -0.4 is 0 Å². The first kappa shape index (κ1) is 16.1. The Morgan fingerprint density at radius 1 is 1.35 bits per heavy atom. The second-order valence-electron chi connectivity index (χ2n) is 4.32. The highest BCUT2D eigenvalue weighted by Crippen LogP contribution is 2.38. The molecule has 0 nitrogen and oxygen atoms in total. The summed E-state index contributed by atoms with van der Waals surface area (Å²) in [5.74, 6) is 3.01. The van der Waals surface area contributed by atoms with Crippen molar-refractivity contribution in [2.45, 2.75) is 46.5 Å². The number of thiol groups is 1. The van der Waals surface area contributed by atoms with E-state index in [-0.39, 0.29) is 5.41 Å². The van der Waals surface area contributed by atoms with E-state index in [2.05, 4.69) is 45.1 Å². The number of rotatable bonds is 7. The van der Waals surface area contributed by atoms with Gasteiger partial charge in [-0.2, -0.15) is 0 Å². The van der Waals surface area contributed by atoms with Gasteiger partial charge in [-0.15, -0.1) is 19.1 Å². The third kappa shape index (κ3) is 4.88. The Kier molecular flexibility index (Phi) is 7.83. The van der Waals surface area contributed by atoms with E-state index in [1.165, 1.54) is 0 Å². The van der Waals surface area contributed by atoms with E-state index in [0.29, 0.717) is 0 Å². The van der Waals surface area contributed by atoms with Crippen molar-refractivity contribution >= 4 is 12.6 Å². The van der Waals surface area contributed by atoms with Crippen LogP contribution in [0.2, 0.25) is 0 Å². The average molecular weight is 248 g/mol. The first-order valence-corrected chi connectivity index (χ1v) is 6.71. The predicted molar refractivity (Wildman–Crippen MR) is 82.1 cm³/mol. The standard InChI is InChI=1S/C16H24S/c1-6-10-15(13-14(5)17)16(9-4,11-7-2)12-8-3/h4,6,10,13,17H,5,7-8,11-12H2,1-3H3/b10-6-,15-13+. The monoisotopic (exact) mass is 248 g/mol.